The number of aryl methyl sites for hydroxylation is 1. The largest absolute Gasteiger partial charge is 0.378 e. The van der Waals surface area contributed by atoms with Gasteiger partial charge < -0.3 is 4.74 Å². The summed E-state index contributed by atoms with van der Waals surface area (Å²) in [5.74, 6) is 0.789. The maximum absolute atomic E-state index is 12.1. The van der Waals surface area contributed by atoms with Crippen LogP contribution in [0.5, 0.6) is 0 Å². The molecule has 1 aromatic carbocycles. The van der Waals surface area contributed by atoms with Gasteiger partial charge in [0.25, 0.3) is 10.1 Å². The average molecular weight is 282 g/mol. The summed E-state index contributed by atoms with van der Waals surface area (Å²) in [5, 5.41) is 0. The number of hydrogen-bond acceptors (Lipinski definition) is 4. The van der Waals surface area contributed by atoms with E-state index in [0.29, 0.717) is 17.9 Å². The summed E-state index contributed by atoms with van der Waals surface area (Å²) in [6, 6.07) is 6.74. The Morgan fingerprint density at radius 2 is 2.00 bits per heavy atom. The Morgan fingerprint density at radius 3 is 2.58 bits per heavy atom. The monoisotopic (exact) mass is 282 g/mol. The molecule has 1 aliphatic heterocycles. The first kappa shape index (κ1) is 13.1. The van der Waals surface area contributed by atoms with Gasteiger partial charge in [-0.05, 0) is 43.7 Å². The van der Waals surface area contributed by atoms with E-state index < -0.39 is 10.1 Å². The van der Waals surface area contributed by atoms with Crippen molar-refractivity contribution < 1.29 is 17.3 Å². The Bertz CT molecular complexity index is 549. The Hall–Kier alpha value is -0.910. The molecule has 1 saturated heterocycles. The highest BCUT2D eigenvalue weighted by Gasteiger charge is 2.41. The van der Waals surface area contributed by atoms with E-state index in [9.17, 15) is 8.42 Å². The maximum Gasteiger partial charge on any atom is 0.296 e. The van der Waals surface area contributed by atoms with E-state index in [-0.39, 0.29) is 11.5 Å². The molecule has 3 rings (SSSR count). The normalized spacial score (nSPS) is 29.8. The zero-order valence-electron chi connectivity index (χ0n) is 10.9. The second-order valence-electron chi connectivity index (χ2n) is 5.50. The van der Waals surface area contributed by atoms with Crippen LogP contribution in [0.3, 0.4) is 0 Å². The molecule has 2 bridgehead atoms. The van der Waals surface area contributed by atoms with Gasteiger partial charge in [-0.2, -0.15) is 8.42 Å². The molecule has 2 aliphatic rings. The van der Waals surface area contributed by atoms with Crippen molar-refractivity contribution in [3.8, 4) is 0 Å². The highest BCUT2D eigenvalue weighted by Crippen LogP contribution is 2.40. The van der Waals surface area contributed by atoms with Crippen LogP contribution < -0.4 is 0 Å². The second-order valence-corrected chi connectivity index (χ2v) is 7.11. The lowest BCUT2D eigenvalue weighted by Gasteiger charge is -2.21. The predicted octanol–water partition coefficient (Wildman–Crippen LogP) is 2.13. The average Bonchev–Trinajstić information content (AvgIpc) is 2.99. The van der Waals surface area contributed by atoms with Crippen molar-refractivity contribution in [2.75, 3.05) is 13.2 Å². The third-order valence-electron chi connectivity index (χ3n) is 4.09. The molecule has 0 amide bonds. The maximum atomic E-state index is 12.1. The number of fused-ring (bicyclic) bond motifs is 2. The molecule has 104 valence electrons. The lowest BCUT2D eigenvalue weighted by molar-refractivity contribution is 0.0394. The SMILES string of the molecule is Cc1ccc(S(=O)(=O)OCC2CC3CC2CO3)cc1. The van der Waals surface area contributed by atoms with Gasteiger partial charge in [0.05, 0.1) is 24.2 Å². The topological polar surface area (TPSA) is 52.6 Å². The highest BCUT2D eigenvalue weighted by molar-refractivity contribution is 7.86. The smallest absolute Gasteiger partial charge is 0.296 e. The van der Waals surface area contributed by atoms with Crippen LogP contribution in [0.1, 0.15) is 18.4 Å². The van der Waals surface area contributed by atoms with Crippen LogP contribution in [0.4, 0.5) is 0 Å². The fourth-order valence-corrected chi connectivity index (χ4v) is 3.87. The van der Waals surface area contributed by atoms with Gasteiger partial charge in [0, 0.05) is 0 Å². The van der Waals surface area contributed by atoms with Crippen molar-refractivity contribution in [3.05, 3.63) is 29.8 Å². The summed E-state index contributed by atoms with van der Waals surface area (Å²) in [6.45, 7) is 2.95. The van der Waals surface area contributed by atoms with Crippen LogP contribution in [0.15, 0.2) is 29.2 Å². The minimum Gasteiger partial charge on any atom is -0.378 e. The third-order valence-corrected chi connectivity index (χ3v) is 5.39. The molecule has 2 fully saturated rings. The number of ether oxygens (including phenoxy) is 1. The molecule has 3 unspecified atom stereocenters. The predicted molar refractivity (Wildman–Crippen MR) is 70.3 cm³/mol. The van der Waals surface area contributed by atoms with Crippen molar-refractivity contribution >= 4 is 10.1 Å². The van der Waals surface area contributed by atoms with Crippen LogP contribution in [0.2, 0.25) is 0 Å². The Morgan fingerprint density at radius 1 is 1.26 bits per heavy atom. The molecule has 1 heterocycles. The van der Waals surface area contributed by atoms with Crippen LogP contribution >= 0.6 is 0 Å². The van der Waals surface area contributed by atoms with Crippen molar-refractivity contribution in [3.63, 3.8) is 0 Å². The highest BCUT2D eigenvalue weighted by atomic mass is 32.2. The number of benzene rings is 1. The van der Waals surface area contributed by atoms with Gasteiger partial charge in [0.1, 0.15) is 0 Å². The van der Waals surface area contributed by atoms with Crippen LogP contribution in [-0.2, 0) is 19.0 Å². The second kappa shape index (κ2) is 4.89. The van der Waals surface area contributed by atoms with Gasteiger partial charge in [-0.3, -0.25) is 4.18 Å². The van der Waals surface area contributed by atoms with Gasteiger partial charge in [-0.15, -0.1) is 0 Å². The van der Waals surface area contributed by atoms with Gasteiger partial charge in [-0.1, -0.05) is 17.7 Å². The zero-order chi connectivity index (χ0) is 13.5. The summed E-state index contributed by atoms with van der Waals surface area (Å²) in [5.41, 5.74) is 1.03. The van der Waals surface area contributed by atoms with E-state index in [4.69, 9.17) is 8.92 Å². The fraction of sp³-hybridized carbons (Fsp3) is 0.571. The summed E-state index contributed by atoms with van der Waals surface area (Å²) in [7, 11) is -3.62. The molecule has 5 heteroatoms. The molecule has 19 heavy (non-hydrogen) atoms. The first-order valence-electron chi connectivity index (χ1n) is 6.62. The van der Waals surface area contributed by atoms with E-state index in [1.165, 1.54) is 0 Å². The van der Waals surface area contributed by atoms with Crippen molar-refractivity contribution in [2.45, 2.75) is 30.8 Å². The Balaban J connectivity index is 1.64. The van der Waals surface area contributed by atoms with Gasteiger partial charge in [0.15, 0.2) is 0 Å². The summed E-state index contributed by atoms with van der Waals surface area (Å²) in [6.07, 6.45) is 2.30. The molecule has 0 spiro atoms. The van der Waals surface area contributed by atoms with Gasteiger partial charge in [0.2, 0.25) is 0 Å². The molecule has 0 aromatic heterocycles. The van der Waals surface area contributed by atoms with E-state index in [2.05, 4.69) is 0 Å². The molecule has 1 aromatic rings. The molecule has 1 aliphatic carbocycles. The first-order chi connectivity index (χ1) is 9.04. The standard InChI is InChI=1S/C14H18O4S/c1-10-2-4-14(5-3-10)19(15,16)18-9-12-7-13-6-11(12)8-17-13/h2-5,11-13H,6-9H2,1H3. The van der Waals surface area contributed by atoms with Crippen molar-refractivity contribution in [1.29, 1.82) is 0 Å². The van der Waals surface area contributed by atoms with E-state index >= 15 is 0 Å². The number of hydrogen-bond donors (Lipinski definition) is 0. The minimum atomic E-state index is -3.62. The molecule has 3 atom stereocenters. The van der Waals surface area contributed by atoms with Crippen LogP contribution in [0.25, 0.3) is 0 Å². The Labute approximate surface area is 113 Å². The van der Waals surface area contributed by atoms with Crippen LogP contribution in [0, 0.1) is 18.8 Å². The van der Waals surface area contributed by atoms with E-state index in [1.54, 1.807) is 24.3 Å². The third kappa shape index (κ3) is 2.68. The molecular weight excluding hydrogens is 264 g/mol. The molecule has 0 radical (unpaired) electrons. The Kier molecular flexibility index (Phi) is 3.37. The summed E-state index contributed by atoms with van der Waals surface area (Å²) in [4.78, 5) is 0.234. The fourth-order valence-electron chi connectivity index (χ4n) is 2.91. The summed E-state index contributed by atoms with van der Waals surface area (Å²) < 4.78 is 34.8. The van der Waals surface area contributed by atoms with Gasteiger partial charge in [-0.25, -0.2) is 0 Å². The number of rotatable bonds is 4. The molecular formula is C14H18O4S. The van der Waals surface area contributed by atoms with E-state index in [1.807, 2.05) is 6.92 Å². The quantitative estimate of drug-likeness (QED) is 0.794. The van der Waals surface area contributed by atoms with Crippen LogP contribution in [-0.4, -0.2) is 27.7 Å². The minimum absolute atomic E-state index is 0.234. The van der Waals surface area contributed by atoms with Crippen molar-refractivity contribution in [1.82, 2.24) is 0 Å². The molecule has 0 N–H and O–H groups in total. The lowest BCUT2D eigenvalue weighted by atomic mass is 9.98. The lowest BCUT2D eigenvalue weighted by Crippen LogP contribution is -2.23. The van der Waals surface area contributed by atoms with E-state index in [0.717, 1.165) is 25.0 Å². The molecule has 1 saturated carbocycles. The molecule has 4 nitrogen and oxygen atoms in total. The van der Waals surface area contributed by atoms with Gasteiger partial charge >= 0.3 is 0 Å². The zero-order valence-corrected chi connectivity index (χ0v) is 11.7. The first-order valence-corrected chi connectivity index (χ1v) is 8.03. The van der Waals surface area contributed by atoms with Crippen molar-refractivity contribution in [2.24, 2.45) is 11.8 Å². The summed E-state index contributed by atoms with van der Waals surface area (Å²) >= 11 is 0.